The van der Waals surface area contributed by atoms with Gasteiger partial charge in [-0.2, -0.15) is 5.26 Å². The summed E-state index contributed by atoms with van der Waals surface area (Å²) < 4.78 is 9.66. The highest BCUT2D eigenvalue weighted by atomic mass is 32.1. The van der Waals surface area contributed by atoms with Crippen molar-refractivity contribution < 1.29 is 0 Å². The molecule has 10 aromatic carbocycles. The molecule has 0 fully saturated rings. The Bertz CT molecular complexity index is 4710. The van der Waals surface area contributed by atoms with Gasteiger partial charge in [-0.05, 0) is 54.6 Å². The maximum Gasteiger partial charge on any atom is 0.164 e. The predicted octanol–water partition coefficient (Wildman–Crippen LogP) is 17.3. The van der Waals surface area contributed by atoms with Crippen LogP contribution in [-0.4, -0.2) is 24.1 Å². The molecule has 0 saturated heterocycles. The second kappa shape index (κ2) is 15.9. The fourth-order valence-corrected chi connectivity index (χ4v) is 13.4. The van der Waals surface area contributed by atoms with E-state index in [1.165, 1.54) is 45.7 Å². The Balaban J connectivity index is 1.02. The van der Waals surface area contributed by atoms with Gasteiger partial charge in [0, 0.05) is 89.7 Å². The fraction of sp³-hybridized carbons (Fsp3) is 0. The average Bonchev–Trinajstić information content (AvgIpc) is 4.20. The van der Waals surface area contributed by atoms with E-state index in [0.29, 0.717) is 23.0 Å². The van der Waals surface area contributed by atoms with Crippen molar-refractivity contribution in [3.63, 3.8) is 0 Å². The SMILES string of the molecule is N#Cc1c(-c2ccc(-c3nc(-c4ccccc4)nc(-c4ccccc4)n3)cc2-n2c3ccccc3c3c4sc5ccccc5c4ccc32)cccc1-n1c2ccccc2c2cc3c(cc21)sc1ccccc13. The molecule has 72 heavy (non-hydrogen) atoms. The Labute approximate surface area is 420 Å². The van der Waals surface area contributed by atoms with Crippen molar-refractivity contribution in [3.8, 4) is 62.7 Å². The topological polar surface area (TPSA) is 72.3 Å². The molecule has 15 rings (SSSR count). The molecule has 0 N–H and O–H groups in total. The molecule has 6 nitrogen and oxygen atoms in total. The predicted molar refractivity (Wildman–Crippen MR) is 301 cm³/mol. The van der Waals surface area contributed by atoms with E-state index < -0.39 is 0 Å². The molecule has 0 atom stereocenters. The van der Waals surface area contributed by atoms with Crippen LogP contribution < -0.4 is 0 Å². The Morgan fingerprint density at radius 3 is 1.64 bits per heavy atom. The molecule has 334 valence electrons. The first-order valence-electron chi connectivity index (χ1n) is 23.9. The smallest absolute Gasteiger partial charge is 0.164 e. The van der Waals surface area contributed by atoms with E-state index in [1.807, 2.05) is 83.3 Å². The molecule has 0 spiro atoms. The van der Waals surface area contributed by atoms with Crippen molar-refractivity contribution in [2.75, 3.05) is 0 Å². The molecule has 0 aliphatic rings. The molecule has 0 aliphatic heterocycles. The van der Waals surface area contributed by atoms with Gasteiger partial charge in [0.25, 0.3) is 0 Å². The molecule has 0 saturated carbocycles. The van der Waals surface area contributed by atoms with E-state index in [1.54, 1.807) is 0 Å². The molecular formula is C64H36N6S2. The van der Waals surface area contributed by atoms with E-state index in [0.717, 1.165) is 77.4 Å². The van der Waals surface area contributed by atoms with Gasteiger partial charge in [0.05, 0.1) is 39.0 Å². The minimum absolute atomic E-state index is 0.551. The van der Waals surface area contributed by atoms with Gasteiger partial charge in [-0.1, -0.05) is 164 Å². The van der Waals surface area contributed by atoms with Crippen LogP contribution in [-0.2, 0) is 0 Å². The third-order valence-electron chi connectivity index (χ3n) is 14.2. The van der Waals surface area contributed by atoms with Crippen LogP contribution in [0.5, 0.6) is 0 Å². The second-order valence-electron chi connectivity index (χ2n) is 18.2. The van der Waals surface area contributed by atoms with Gasteiger partial charge < -0.3 is 9.13 Å². The van der Waals surface area contributed by atoms with Gasteiger partial charge in [0.1, 0.15) is 6.07 Å². The van der Waals surface area contributed by atoms with E-state index in [4.69, 9.17) is 15.0 Å². The number of hydrogen-bond donors (Lipinski definition) is 0. The third kappa shape index (κ3) is 6.09. The van der Waals surface area contributed by atoms with Crippen molar-refractivity contribution in [1.82, 2.24) is 24.1 Å². The molecular weight excluding hydrogens is 917 g/mol. The maximum atomic E-state index is 11.6. The number of thiophene rings is 2. The summed E-state index contributed by atoms with van der Waals surface area (Å²) in [6.07, 6.45) is 0. The Morgan fingerprint density at radius 2 is 0.931 bits per heavy atom. The zero-order chi connectivity index (χ0) is 47.4. The Morgan fingerprint density at radius 1 is 0.347 bits per heavy atom. The zero-order valence-electron chi connectivity index (χ0n) is 38.3. The Hall–Kier alpha value is -9.26. The molecule has 0 amide bonds. The quantitative estimate of drug-likeness (QED) is 0.166. The molecule has 0 unspecified atom stereocenters. The van der Waals surface area contributed by atoms with Crippen molar-refractivity contribution in [2.24, 2.45) is 0 Å². The van der Waals surface area contributed by atoms with Crippen molar-refractivity contribution >= 4 is 107 Å². The average molecular weight is 953 g/mol. The number of benzene rings is 10. The molecule has 5 aromatic heterocycles. The van der Waals surface area contributed by atoms with Crippen LogP contribution in [0.15, 0.2) is 218 Å². The van der Waals surface area contributed by atoms with Crippen LogP contribution in [0, 0.1) is 11.3 Å². The summed E-state index contributed by atoms with van der Waals surface area (Å²) in [5.41, 5.74) is 10.9. The summed E-state index contributed by atoms with van der Waals surface area (Å²) in [6, 6.07) is 79.5. The molecule has 5 heterocycles. The normalized spacial score (nSPS) is 11.9. The summed E-state index contributed by atoms with van der Waals surface area (Å²) in [7, 11) is 0. The number of rotatable bonds is 6. The van der Waals surface area contributed by atoms with Gasteiger partial charge in [0.2, 0.25) is 0 Å². The number of aromatic nitrogens is 5. The van der Waals surface area contributed by atoms with Gasteiger partial charge >= 0.3 is 0 Å². The molecule has 0 bridgehead atoms. The Kier molecular flexibility index (Phi) is 8.96. The highest BCUT2D eigenvalue weighted by Gasteiger charge is 2.25. The van der Waals surface area contributed by atoms with Crippen LogP contribution in [0.25, 0.3) is 141 Å². The second-order valence-corrected chi connectivity index (χ2v) is 20.3. The number of para-hydroxylation sites is 2. The lowest BCUT2D eigenvalue weighted by Crippen LogP contribution is -2.04. The van der Waals surface area contributed by atoms with Crippen LogP contribution >= 0.6 is 22.7 Å². The monoisotopic (exact) mass is 952 g/mol. The number of fused-ring (bicyclic) bond motifs is 13. The lowest BCUT2D eigenvalue weighted by atomic mass is 9.95. The van der Waals surface area contributed by atoms with Gasteiger partial charge in [-0.15, -0.1) is 22.7 Å². The van der Waals surface area contributed by atoms with E-state index >= 15 is 0 Å². The fourth-order valence-electron chi connectivity index (χ4n) is 11.0. The number of nitriles is 1. The molecule has 0 aliphatic carbocycles. The van der Waals surface area contributed by atoms with Gasteiger partial charge in [-0.3, -0.25) is 0 Å². The first-order valence-corrected chi connectivity index (χ1v) is 25.5. The van der Waals surface area contributed by atoms with Crippen LogP contribution in [0.3, 0.4) is 0 Å². The van der Waals surface area contributed by atoms with Crippen LogP contribution in [0.4, 0.5) is 0 Å². The minimum Gasteiger partial charge on any atom is -0.309 e. The van der Waals surface area contributed by atoms with Crippen LogP contribution in [0.1, 0.15) is 5.56 Å². The highest BCUT2D eigenvalue weighted by Crippen LogP contribution is 2.47. The van der Waals surface area contributed by atoms with Gasteiger partial charge in [-0.25, -0.2) is 15.0 Å². The standard InChI is InChI=1S/C64H36N6S2/c65-37-50-41(24-15-27-53(50)69-51-25-11-7-20-42(51)48-35-49-45-22-10-13-28-57(45)71-59(49)36-56(48)69)43-31-30-40(64-67-62(38-16-3-1-4-17-38)66-63(68-64)39-18-5-2-6-19-39)34-55(43)70-52-26-12-8-23-47(52)60-54(70)33-32-46-44-21-9-14-29-58(44)72-61(46)60/h1-36H. The summed E-state index contributed by atoms with van der Waals surface area (Å²) in [5, 5.41) is 21.3. The summed E-state index contributed by atoms with van der Waals surface area (Å²) in [6.45, 7) is 0. The lowest BCUT2D eigenvalue weighted by Gasteiger charge is -2.19. The largest absolute Gasteiger partial charge is 0.309 e. The summed E-state index contributed by atoms with van der Waals surface area (Å²) in [4.78, 5) is 15.4. The van der Waals surface area contributed by atoms with Crippen molar-refractivity contribution in [3.05, 3.63) is 224 Å². The zero-order valence-corrected chi connectivity index (χ0v) is 39.9. The summed E-state index contributed by atoms with van der Waals surface area (Å²) in [5.74, 6) is 1.73. The third-order valence-corrected chi connectivity index (χ3v) is 16.6. The van der Waals surface area contributed by atoms with Crippen LogP contribution in [0.2, 0.25) is 0 Å². The van der Waals surface area contributed by atoms with Gasteiger partial charge in [0.15, 0.2) is 17.5 Å². The number of nitrogens with zero attached hydrogens (tertiary/aromatic N) is 6. The molecule has 0 radical (unpaired) electrons. The van der Waals surface area contributed by atoms with E-state index in [2.05, 4.69) is 173 Å². The lowest BCUT2D eigenvalue weighted by molar-refractivity contribution is 1.07. The molecule has 8 heteroatoms. The van der Waals surface area contributed by atoms with E-state index in [9.17, 15) is 5.26 Å². The summed E-state index contributed by atoms with van der Waals surface area (Å²) >= 11 is 3.65. The first-order chi connectivity index (χ1) is 35.7. The first kappa shape index (κ1) is 40.6. The minimum atomic E-state index is 0.551. The number of hydrogen-bond acceptors (Lipinski definition) is 6. The highest BCUT2D eigenvalue weighted by molar-refractivity contribution is 7.27. The van der Waals surface area contributed by atoms with E-state index in [-0.39, 0.29) is 0 Å². The van der Waals surface area contributed by atoms with Crippen molar-refractivity contribution in [2.45, 2.75) is 0 Å². The van der Waals surface area contributed by atoms with Crippen molar-refractivity contribution in [1.29, 1.82) is 5.26 Å². The molecule has 15 aromatic rings. The maximum absolute atomic E-state index is 11.6.